The average molecular weight is 628 g/mol. The van der Waals surface area contributed by atoms with E-state index in [-0.39, 0.29) is 29.3 Å². The van der Waals surface area contributed by atoms with E-state index in [1.807, 2.05) is 31.2 Å². The van der Waals surface area contributed by atoms with Crippen LogP contribution in [0.5, 0.6) is 5.75 Å². The smallest absolute Gasteiger partial charge is 0.286 e. The number of benzene rings is 2. The monoisotopic (exact) mass is 627 g/mol. The van der Waals surface area contributed by atoms with Gasteiger partial charge in [0.2, 0.25) is 0 Å². The molecule has 2 heterocycles. The Hall–Kier alpha value is -2.43. The van der Waals surface area contributed by atoms with Gasteiger partial charge in [-0.25, -0.2) is 9.35 Å². The molecule has 0 saturated heterocycles. The Morgan fingerprint density at radius 2 is 1.91 bits per heavy atom. The van der Waals surface area contributed by atoms with Crippen LogP contribution in [-0.4, -0.2) is 62.0 Å². The Bertz CT molecular complexity index is 1540. The van der Waals surface area contributed by atoms with Crippen molar-refractivity contribution in [1.29, 1.82) is 0 Å². The summed E-state index contributed by atoms with van der Waals surface area (Å²) in [6.07, 6.45) is 8.85. The van der Waals surface area contributed by atoms with Gasteiger partial charge in [0.1, 0.15) is 15.7 Å². The second kappa shape index (κ2) is 12.2. The van der Waals surface area contributed by atoms with Gasteiger partial charge in [-0.2, -0.15) is 0 Å². The molecule has 0 aromatic heterocycles. The van der Waals surface area contributed by atoms with Crippen molar-refractivity contribution >= 4 is 33.1 Å². The zero-order valence-corrected chi connectivity index (χ0v) is 26.7. The van der Waals surface area contributed by atoms with Gasteiger partial charge < -0.3 is 19.1 Å². The molecule has 2 aliphatic carbocycles. The number of rotatable bonds is 2. The molecule has 232 valence electrons. The lowest BCUT2D eigenvalue weighted by molar-refractivity contribution is 0.0120. The van der Waals surface area contributed by atoms with Crippen LogP contribution in [0.25, 0.3) is 0 Å². The second-order valence-electron chi connectivity index (χ2n) is 12.8. The molecule has 1 spiro atoms. The van der Waals surface area contributed by atoms with Gasteiger partial charge >= 0.3 is 0 Å². The summed E-state index contributed by atoms with van der Waals surface area (Å²) in [6.45, 7) is 3.99. The first-order valence-electron chi connectivity index (χ1n) is 15.2. The van der Waals surface area contributed by atoms with Gasteiger partial charge in [0.15, 0.2) is 0 Å². The zero-order chi connectivity index (χ0) is 30.4. The number of aryl methyl sites for hydroxylation is 1. The average Bonchev–Trinajstić information content (AvgIpc) is 3.10. The molecule has 2 aliphatic heterocycles. The first-order chi connectivity index (χ1) is 20.6. The molecule has 2 N–H and O–H groups in total. The summed E-state index contributed by atoms with van der Waals surface area (Å²) in [5.74, 6) is 0.678. The van der Waals surface area contributed by atoms with Gasteiger partial charge in [0.25, 0.3) is 5.91 Å². The topological polar surface area (TPSA) is 103 Å². The van der Waals surface area contributed by atoms with Gasteiger partial charge in [-0.1, -0.05) is 36.7 Å². The summed E-state index contributed by atoms with van der Waals surface area (Å²) < 4.78 is 35.7. The molecular formula is C33H42ClN3O5S. The van der Waals surface area contributed by atoms with Crippen LogP contribution < -0.4 is 14.8 Å². The molecule has 10 heteroatoms. The van der Waals surface area contributed by atoms with E-state index in [9.17, 15) is 9.00 Å². The van der Waals surface area contributed by atoms with Crippen LogP contribution in [0, 0.1) is 17.8 Å². The van der Waals surface area contributed by atoms with Gasteiger partial charge in [0, 0.05) is 43.3 Å². The Labute approximate surface area is 260 Å². The van der Waals surface area contributed by atoms with Crippen molar-refractivity contribution < 1.29 is 23.2 Å². The van der Waals surface area contributed by atoms with Crippen LogP contribution >= 0.6 is 11.6 Å². The lowest BCUT2D eigenvalue weighted by Crippen LogP contribution is -2.49. The number of anilines is 1. The van der Waals surface area contributed by atoms with Gasteiger partial charge in [-0.15, -0.1) is 4.36 Å². The maximum atomic E-state index is 13.4. The van der Waals surface area contributed by atoms with Gasteiger partial charge in [0.05, 0.1) is 30.3 Å². The predicted octanol–water partition coefficient (Wildman–Crippen LogP) is 5.56. The lowest BCUT2D eigenvalue weighted by atomic mass is 9.68. The fraction of sp³-hybridized carbons (Fsp3) is 0.545. The van der Waals surface area contributed by atoms with Crippen LogP contribution in [0.1, 0.15) is 54.1 Å². The van der Waals surface area contributed by atoms with Crippen molar-refractivity contribution in [3.63, 3.8) is 0 Å². The minimum absolute atomic E-state index is 0.0252. The Kier molecular flexibility index (Phi) is 8.65. The summed E-state index contributed by atoms with van der Waals surface area (Å²) in [7, 11) is 0.0727. The fourth-order valence-electron chi connectivity index (χ4n) is 7.60. The summed E-state index contributed by atoms with van der Waals surface area (Å²) in [5, 5.41) is 6.90. The number of methoxy groups -OCH3 is 2. The van der Waals surface area contributed by atoms with E-state index < -0.39 is 15.8 Å². The first-order valence-corrected chi connectivity index (χ1v) is 17.4. The zero-order valence-electron chi connectivity index (χ0n) is 25.2. The van der Waals surface area contributed by atoms with E-state index in [0.29, 0.717) is 24.0 Å². The van der Waals surface area contributed by atoms with E-state index in [4.69, 9.17) is 31.0 Å². The molecular weight excluding hydrogens is 586 g/mol. The minimum atomic E-state index is -3.30. The quantitative estimate of drug-likeness (QED) is 0.438. The summed E-state index contributed by atoms with van der Waals surface area (Å²) >= 11 is 6.41. The molecule has 1 saturated carbocycles. The number of ether oxygens (including phenoxy) is 3. The highest BCUT2D eigenvalue weighted by Crippen LogP contribution is 2.47. The van der Waals surface area contributed by atoms with E-state index >= 15 is 0 Å². The van der Waals surface area contributed by atoms with E-state index in [1.54, 1.807) is 20.3 Å². The molecule has 2 bridgehead atoms. The number of nitrogens with two attached hydrogens (primary N) is 1. The van der Waals surface area contributed by atoms with Crippen molar-refractivity contribution in [2.75, 3.05) is 44.6 Å². The fourth-order valence-corrected chi connectivity index (χ4v) is 9.20. The van der Waals surface area contributed by atoms with Crippen molar-refractivity contribution in [3.05, 3.63) is 70.3 Å². The number of carbonyl (C=O) groups excluding carboxylic acids is 1. The van der Waals surface area contributed by atoms with Crippen molar-refractivity contribution in [3.8, 4) is 5.75 Å². The van der Waals surface area contributed by atoms with Crippen molar-refractivity contribution in [2.45, 2.75) is 56.7 Å². The highest BCUT2D eigenvalue weighted by molar-refractivity contribution is 7.91. The molecule has 0 unspecified atom stereocenters. The number of fused-ring (bicyclic) bond motifs is 4. The normalized spacial score (nSPS) is 35.0. The second-order valence-corrected chi connectivity index (χ2v) is 15.1. The molecule has 1 fully saturated rings. The van der Waals surface area contributed by atoms with Crippen molar-refractivity contribution in [2.24, 2.45) is 27.3 Å². The van der Waals surface area contributed by atoms with Crippen molar-refractivity contribution in [1.82, 2.24) is 0 Å². The Morgan fingerprint density at radius 3 is 2.65 bits per heavy atom. The van der Waals surface area contributed by atoms with E-state index in [0.717, 1.165) is 61.7 Å². The molecule has 7 atom stereocenters. The largest absolute Gasteiger partial charge is 0.490 e. The van der Waals surface area contributed by atoms with Crippen LogP contribution in [0.15, 0.2) is 52.9 Å². The molecule has 2 aromatic carbocycles. The minimum Gasteiger partial charge on any atom is -0.490 e. The van der Waals surface area contributed by atoms with Crippen LogP contribution in [-0.2, 0) is 31.2 Å². The van der Waals surface area contributed by atoms with E-state index in [1.165, 1.54) is 11.1 Å². The molecule has 43 heavy (non-hydrogen) atoms. The molecule has 6 rings (SSSR count). The molecule has 1 amide bonds. The third kappa shape index (κ3) is 6.12. The van der Waals surface area contributed by atoms with Gasteiger partial charge in [-0.3, -0.25) is 4.79 Å². The number of amides is 1. The first kappa shape index (κ1) is 30.6. The number of hydrogen-bond acceptors (Lipinski definition) is 6. The Balaban J connectivity index is 1.45. The summed E-state index contributed by atoms with van der Waals surface area (Å²) in [6, 6.07) is 11.6. The maximum absolute atomic E-state index is 13.4. The maximum Gasteiger partial charge on any atom is 0.286 e. The number of nitrogens with zero attached hydrogens (tertiary/aromatic N) is 2. The SMILES string of the molecule is CO[C@H]1/C=C/[C@H](OC)[C@H](C)C[S@](N)(=O)=NC(=O)c2ccc3c(c2)N(C[C@@H]2CC[C@H]21)C[C@@]1(CCCc2cc(Cl)ccc21)CO3. The molecule has 4 aliphatic rings. The van der Waals surface area contributed by atoms with Crippen LogP contribution in [0.4, 0.5) is 5.69 Å². The number of carbonyl (C=O) groups is 1. The predicted molar refractivity (Wildman–Crippen MR) is 170 cm³/mol. The van der Waals surface area contributed by atoms with Gasteiger partial charge in [-0.05, 0) is 91.3 Å². The molecule has 0 radical (unpaired) electrons. The molecule has 8 nitrogen and oxygen atoms in total. The van der Waals surface area contributed by atoms with Crippen LogP contribution in [0.3, 0.4) is 0 Å². The number of halogens is 1. The van der Waals surface area contributed by atoms with E-state index in [2.05, 4.69) is 27.5 Å². The summed E-state index contributed by atoms with van der Waals surface area (Å²) in [4.78, 5) is 15.8. The lowest BCUT2D eigenvalue weighted by Gasteiger charge is -2.46. The standard InChI is InChI=1S/C33H42ClN3O5S/c1-21-18-43(35,39)36-32(38)23-7-11-31-28(16-23)37(17-24-6-9-26(24)30(41-3)13-12-29(21)40-2)19-33(20-42-31)14-4-5-22-15-25(34)8-10-27(22)33/h7-8,10-13,15-16,21,24,26,29-30H,4-6,9,14,17-20H2,1-3H3,(H2,35,36,38,39)/b13-12+/t21-,24+,26-,29+,30+,33+,43-/m1/s1. The Morgan fingerprint density at radius 1 is 1.12 bits per heavy atom. The highest BCUT2D eigenvalue weighted by atomic mass is 35.5. The number of hydrogen-bond donors (Lipinski definition) is 1. The molecule has 2 aromatic rings. The highest BCUT2D eigenvalue weighted by Gasteiger charge is 2.44. The summed E-state index contributed by atoms with van der Waals surface area (Å²) in [5.41, 5.74) is 3.56. The third-order valence-electron chi connectivity index (χ3n) is 9.97. The van der Waals surface area contributed by atoms with Crippen LogP contribution in [0.2, 0.25) is 5.02 Å². The third-order valence-corrected chi connectivity index (χ3v) is 11.7.